The molecule has 0 aliphatic carbocycles. The summed E-state index contributed by atoms with van der Waals surface area (Å²) in [4.78, 5) is 14.0. The van der Waals surface area contributed by atoms with E-state index in [0.29, 0.717) is 12.1 Å². The Morgan fingerprint density at radius 2 is 1.78 bits per heavy atom. The van der Waals surface area contributed by atoms with Gasteiger partial charge in [-0.25, -0.2) is 0 Å². The van der Waals surface area contributed by atoms with E-state index in [-0.39, 0.29) is 12.5 Å². The van der Waals surface area contributed by atoms with Crippen LogP contribution in [0.4, 0.5) is 0 Å². The molecule has 0 saturated carbocycles. The average Bonchev–Trinajstić information content (AvgIpc) is 2.67. The van der Waals surface area contributed by atoms with Crippen molar-refractivity contribution in [3.8, 4) is 0 Å². The minimum Gasteiger partial charge on any atom is -0.399 e. The Morgan fingerprint density at radius 3 is 2.30 bits per heavy atom. The summed E-state index contributed by atoms with van der Waals surface area (Å²) in [5, 5.41) is 9.01. The van der Waals surface area contributed by atoms with Gasteiger partial charge in [0, 0.05) is 19.2 Å². The summed E-state index contributed by atoms with van der Waals surface area (Å²) >= 11 is 0. The number of likely N-dealkylation sites (N-methyl/N-ethyl adjacent to an activating group) is 1. The quantitative estimate of drug-likeness (QED) is 0.852. The lowest BCUT2D eigenvalue weighted by atomic mass is 9.77. The third-order valence-electron chi connectivity index (χ3n) is 4.80. The molecular weight excluding hydrogens is 293 g/mol. The van der Waals surface area contributed by atoms with E-state index in [0.717, 1.165) is 11.0 Å². The molecule has 0 atom stereocenters. The SMILES string of the molecule is Cc1ccc(B2OC(C)(C)C(C)(C)O2)cc1C(=O)N(C)CCO. The predicted molar refractivity (Wildman–Crippen MR) is 90.9 cm³/mol. The molecule has 23 heavy (non-hydrogen) atoms. The van der Waals surface area contributed by atoms with E-state index in [1.165, 1.54) is 4.90 Å². The molecule has 0 aromatic heterocycles. The van der Waals surface area contributed by atoms with Crippen molar-refractivity contribution in [2.45, 2.75) is 45.8 Å². The van der Waals surface area contributed by atoms with Crippen molar-refractivity contribution in [2.24, 2.45) is 0 Å². The van der Waals surface area contributed by atoms with Crippen LogP contribution in [0.2, 0.25) is 0 Å². The number of amides is 1. The molecule has 6 heteroatoms. The van der Waals surface area contributed by atoms with Gasteiger partial charge in [-0.1, -0.05) is 12.1 Å². The van der Waals surface area contributed by atoms with Gasteiger partial charge < -0.3 is 19.3 Å². The Morgan fingerprint density at radius 1 is 1.22 bits per heavy atom. The summed E-state index contributed by atoms with van der Waals surface area (Å²) in [7, 11) is 1.19. The van der Waals surface area contributed by atoms with Gasteiger partial charge in [-0.2, -0.15) is 0 Å². The van der Waals surface area contributed by atoms with E-state index >= 15 is 0 Å². The van der Waals surface area contributed by atoms with Crippen LogP contribution in [0.3, 0.4) is 0 Å². The van der Waals surface area contributed by atoms with Crippen molar-refractivity contribution in [3.05, 3.63) is 29.3 Å². The maximum atomic E-state index is 12.5. The van der Waals surface area contributed by atoms with Crippen LogP contribution in [0.25, 0.3) is 0 Å². The topological polar surface area (TPSA) is 59.0 Å². The molecule has 1 saturated heterocycles. The van der Waals surface area contributed by atoms with Gasteiger partial charge in [0.2, 0.25) is 0 Å². The predicted octanol–water partition coefficient (Wildman–Crippen LogP) is 1.36. The van der Waals surface area contributed by atoms with Gasteiger partial charge >= 0.3 is 7.12 Å². The third-order valence-corrected chi connectivity index (χ3v) is 4.80. The van der Waals surface area contributed by atoms with Gasteiger partial charge in [0.25, 0.3) is 5.91 Å². The zero-order chi connectivity index (χ0) is 17.4. The second-order valence-corrected chi connectivity index (χ2v) is 7.11. The second-order valence-electron chi connectivity index (χ2n) is 7.11. The summed E-state index contributed by atoms with van der Waals surface area (Å²) in [5.74, 6) is -0.116. The number of rotatable bonds is 4. The minimum atomic E-state index is -0.490. The molecule has 1 N–H and O–H groups in total. The lowest BCUT2D eigenvalue weighted by Gasteiger charge is -2.32. The molecule has 5 nitrogen and oxygen atoms in total. The number of aliphatic hydroxyl groups is 1. The molecule has 0 unspecified atom stereocenters. The standard InChI is InChI=1S/C17H26BNO4/c1-12-7-8-13(11-14(12)15(21)19(6)9-10-20)18-22-16(2,3)17(4,5)23-18/h7-8,11,20H,9-10H2,1-6H3. The number of carbonyl (C=O) groups excluding carboxylic acids is 1. The summed E-state index contributed by atoms with van der Waals surface area (Å²) < 4.78 is 12.1. The Balaban J connectivity index is 2.30. The van der Waals surface area contributed by atoms with Crippen LogP contribution >= 0.6 is 0 Å². The van der Waals surface area contributed by atoms with Gasteiger partial charge in [-0.15, -0.1) is 0 Å². The molecule has 126 valence electrons. The first-order valence-electron chi connectivity index (χ1n) is 7.91. The van der Waals surface area contributed by atoms with Crippen molar-refractivity contribution in [1.82, 2.24) is 4.90 Å². The number of carbonyl (C=O) groups is 1. The van der Waals surface area contributed by atoms with E-state index in [1.807, 2.05) is 52.8 Å². The maximum absolute atomic E-state index is 12.5. The molecule has 1 aliphatic rings. The molecule has 1 heterocycles. The van der Waals surface area contributed by atoms with Gasteiger partial charge in [0.05, 0.1) is 17.8 Å². The fourth-order valence-electron chi connectivity index (χ4n) is 2.45. The highest BCUT2D eigenvalue weighted by Gasteiger charge is 2.51. The van der Waals surface area contributed by atoms with E-state index in [9.17, 15) is 4.79 Å². The normalized spacial score (nSPS) is 19.0. The van der Waals surface area contributed by atoms with Crippen LogP contribution in [-0.4, -0.2) is 54.4 Å². The molecule has 2 rings (SSSR count). The van der Waals surface area contributed by atoms with E-state index < -0.39 is 18.3 Å². The van der Waals surface area contributed by atoms with Gasteiger partial charge in [-0.3, -0.25) is 4.79 Å². The molecule has 0 radical (unpaired) electrons. The highest BCUT2D eigenvalue weighted by Crippen LogP contribution is 2.36. The van der Waals surface area contributed by atoms with E-state index in [1.54, 1.807) is 7.05 Å². The fraction of sp³-hybridized carbons (Fsp3) is 0.588. The van der Waals surface area contributed by atoms with Crippen LogP contribution in [0.1, 0.15) is 43.6 Å². The highest BCUT2D eigenvalue weighted by atomic mass is 16.7. The minimum absolute atomic E-state index is 0.0573. The van der Waals surface area contributed by atoms with E-state index in [4.69, 9.17) is 14.4 Å². The fourth-order valence-corrected chi connectivity index (χ4v) is 2.45. The number of aryl methyl sites for hydroxylation is 1. The lowest BCUT2D eigenvalue weighted by Crippen LogP contribution is -2.41. The van der Waals surface area contributed by atoms with Crippen LogP contribution in [0.15, 0.2) is 18.2 Å². The molecule has 1 aromatic carbocycles. The van der Waals surface area contributed by atoms with Crippen molar-refractivity contribution in [3.63, 3.8) is 0 Å². The first kappa shape index (κ1) is 18.0. The van der Waals surface area contributed by atoms with Gasteiger partial charge in [0.15, 0.2) is 0 Å². The molecule has 0 bridgehead atoms. The largest absolute Gasteiger partial charge is 0.494 e. The Kier molecular flexibility index (Phi) is 4.90. The zero-order valence-electron chi connectivity index (χ0n) is 14.8. The molecule has 1 aromatic rings. The number of hydrogen-bond acceptors (Lipinski definition) is 4. The first-order valence-corrected chi connectivity index (χ1v) is 7.91. The van der Waals surface area contributed by atoms with Crippen LogP contribution in [0, 0.1) is 6.92 Å². The second kappa shape index (κ2) is 6.26. The summed E-state index contributed by atoms with van der Waals surface area (Å²) in [6.07, 6.45) is 0. The highest BCUT2D eigenvalue weighted by molar-refractivity contribution is 6.62. The van der Waals surface area contributed by atoms with E-state index in [2.05, 4.69) is 0 Å². The molecular formula is C17H26BNO4. The lowest BCUT2D eigenvalue weighted by molar-refractivity contribution is 0.00578. The Bertz CT molecular complexity index is 584. The van der Waals surface area contributed by atoms with Crippen molar-refractivity contribution in [1.29, 1.82) is 0 Å². The number of benzene rings is 1. The summed E-state index contributed by atoms with van der Waals surface area (Å²) in [5.41, 5.74) is 1.49. The van der Waals surface area contributed by atoms with Crippen LogP contribution in [0.5, 0.6) is 0 Å². The Labute approximate surface area is 138 Å². The molecule has 1 aliphatic heterocycles. The number of aliphatic hydroxyl groups excluding tert-OH is 1. The number of hydrogen-bond donors (Lipinski definition) is 1. The van der Waals surface area contributed by atoms with Crippen LogP contribution in [-0.2, 0) is 9.31 Å². The van der Waals surface area contributed by atoms with Gasteiger partial charge in [-0.05, 0) is 51.7 Å². The van der Waals surface area contributed by atoms with Crippen molar-refractivity contribution in [2.75, 3.05) is 20.2 Å². The molecule has 1 fully saturated rings. The number of nitrogens with zero attached hydrogens (tertiary/aromatic N) is 1. The summed E-state index contributed by atoms with van der Waals surface area (Å²) in [6, 6.07) is 5.66. The van der Waals surface area contributed by atoms with Crippen molar-refractivity contribution < 1.29 is 19.2 Å². The van der Waals surface area contributed by atoms with Gasteiger partial charge in [0.1, 0.15) is 0 Å². The monoisotopic (exact) mass is 319 g/mol. The third kappa shape index (κ3) is 3.44. The molecule has 1 amide bonds. The molecule has 0 spiro atoms. The maximum Gasteiger partial charge on any atom is 0.494 e. The van der Waals surface area contributed by atoms with Crippen molar-refractivity contribution >= 4 is 18.5 Å². The summed E-state index contributed by atoms with van der Waals surface area (Å²) in [6.45, 7) is 10.2. The Hall–Kier alpha value is -1.37. The smallest absolute Gasteiger partial charge is 0.399 e. The first-order chi connectivity index (χ1) is 10.6. The average molecular weight is 319 g/mol. The van der Waals surface area contributed by atoms with Crippen LogP contribution < -0.4 is 5.46 Å². The zero-order valence-corrected chi connectivity index (χ0v) is 14.8.